The largest absolute Gasteiger partial charge is 0.405 e. The van der Waals surface area contributed by atoms with Gasteiger partial charge < -0.3 is 41.7 Å². The highest BCUT2D eigenvalue weighted by molar-refractivity contribution is 6.24. The van der Waals surface area contributed by atoms with Crippen molar-refractivity contribution in [3.05, 3.63) is 143 Å². The SMILES string of the molecule is C/C=C\C.C=CN.CCc1cccc(-c2cnc(C(=O)N3CCN(CC4CCN(CC(=O)N5CCN(C(=O)c6cc(CC(=N)c7ccccc7C(N)=O)ccc6F)CC5)CC4)CC3)c(NC)c2)c1.O=CCCl. The normalized spacial score (nSPS) is 15.2. The van der Waals surface area contributed by atoms with E-state index in [0.717, 1.165) is 68.8 Å². The minimum Gasteiger partial charge on any atom is -0.405 e. The molecule has 0 unspecified atom stereocenters. The number of primary amides is 1. The van der Waals surface area contributed by atoms with Crippen molar-refractivity contribution in [3.8, 4) is 11.1 Å². The maximum absolute atomic E-state index is 15.0. The Hall–Kier alpha value is -6.75. The molecule has 4 heterocycles. The van der Waals surface area contributed by atoms with Crippen molar-refractivity contribution < 1.29 is 28.4 Å². The lowest BCUT2D eigenvalue weighted by Crippen LogP contribution is -2.53. The van der Waals surface area contributed by atoms with Gasteiger partial charge in [-0.3, -0.25) is 29.0 Å². The predicted octanol–water partition coefficient (Wildman–Crippen LogP) is 6.75. The Bertz CT molecular complexity index is 2480. The third kappa shape index (κ3) is 16.9. The van der Waals surface area contributed by atoms with Crippen molar-refractivity contribution in [2.75, 3.05) is 96.8 Å². The van der Waals surface area contributed by atoms with E-state index < -0.39 is 17.6 Å². The molecule has 3 fully saturated rings. The zero-order valence-corrected chi connectivity index (χ0v) is 43.0. The second kappa shape index (κ2) is 30.2. The number of anilines is 1. The number of nitrogens with zero attached hydrogens (tertiary/aromatic N) is 6. The first kappa shape index (κ1) is 57.8. The van der Waals surface area contributed by atoms with E-state index in [4.69, 9.17) is 27.5 Å². The number of carbonyl (C=O) groups is 5. The standard InChI is InChI=1S/C47H56FN9O4.C4H8.C2H3ClO.C2H5N/c1-3-32-7-6-8-35(25-32)36-28-42(51-2)44(52-29-36)47(61)57-19-17-54(18-20-57)30-33-13-15-53(16-14-33)31-43(58)55-21-23-56(24-22-55)46(60)39-26-34(11-12-40(39)48)27-41(49)37-9-4-5-10-38(37)45(50)59;1-3-4-2;3-1-2-4;1-2-3/h4-12,25-26,28-29,33,49,51H,3,13-24,27,30-31H2,1-2H3,(H2,50,59);3-4H,1-2H3;2H,1H2;2H,1,3H2/b;4-3-;;. The van der Waals surface area contributed by atoms with Gasteiger partial charge in [0.15, 0.2) is 5.69 Å². The first-order valence-electron chi connectivity index (χ1n) is 24.5. The molecule has 72 heavy (non-hydrogen) atoms. The number of rotatable bonds is 14. The predicted molar refractivity (Wildman–Crippen MR) is 286 cm³/mol. The van der Waals surface area contributed by atoms with Gasteiger partial charge in [-0.25, -0.2) is 9.37 Å². The van der Waals surface area contributed by atoms with Crippen LogP contribution >= 0.6 is 11.6 Å². The van der Waals surface area contributed by atoms with E-state index in [2.05, 4.69) is 63.6 Å². The smallest absolute Gasteiger partial charge is 0.274 e. The van der Waals surface area contributed by atoms with Gasteiger partial charge in [0.25, 0.3) is 11.8 Å². The van der Waals surface area contributed by atoms with Crippen LogP contribution in [0.2, 0.25) is 0 Å². The first-order valence-corrected chi connectivity index (χ1v) is 25.0. The summed E-state index contributed by atoms with van der Waals surface area (Å²) in [4.78, 5) is 75.9. The van der Waals surface area contributed by atoms with Crippen molar-refractivity contribution in [2.24, 2.45) is 17.4 Å². The Morgan fingerprint density at radius 2 is 1.39 bits per heavy atom. The zero-order chi connectivity index (χ0) is 52.6. The van der Waals surface area contributed by atoms with Gasteiger partial charge in [-0.2, -0.15) is 0 Å². The van der Waals surface area contributed by atoms with Crippen LogP contribution in [0, 0.1) is 17.1 Å². The third-order valence-electron chi connectivity index (χ3n) is 12.7. The van der Waals surface area contributed by atoms with E-state index in [-0.39, 0.29) is 41.0 Å². The number of aldehydes is 1. The fourth-order valence-corrected chi connectivity index (χ4v) is 8.66. The molecule has 15 nitrogen and oxygen atoms in total. The van der Waals surface area contributed by atoms with Crippen LogP contribution in [0.5, 0.6) is 0 Å². The van der Waals surface area contributed by atoms with Crippen LogP contribution in [-0.2, 0) is 22.4 Å². The molecule has 4 aromatic rings. The lowest BCUT2D eigenvalue weighted by Gasteiger charge is -2.39. The zero-order valence-electron chi connectivity index (χ0n) is 42.3. The number of halogens is 2. The van der Waals surface area contributed by atoms with E-state index in [1.165, 1.54) is 30.0 Å². The second-order valence-corrected chi connectivity index (χ2v) is 17.8. The maximum atomic E-state index is 15.0. The Kier molecular flexibility index (Phi) is 24.3. The number of piperazine rings is 2. The number of amides is 4. The second-order valence-electron chi connectivity index (χ2n) is 17.5. The van der Waals surface area contributed by atoms with Crippen LogP contribution in [0.15, 0.2) is 104 Å². The summed E-state index contributed by atoms with van der Waals surface area (Å²) in [5, 5.41) is 11.8. The summed E-state index contributed by atoms with van der Waals surface area (Å²) in [6.45, 7) is 16.5. The molecule has 3 aliphatic heterocycles. The summed E-state index contributed by atoms with van der Waals surface area (Å²) >= 11 is 4.82. The highest BCUT2D eigenvalue weighted by atomic mass is 35.5. The Morgan fingerprint density at radius 1 is 0.792 bits per heavy atom. The van der Waals surface area contributed by atoms with Gasteiger partial charge in [0, 0.05) is 101 Å². The topological polar surface area (TPSA) is 202 Å². The number of aromatic nitrogens is 1. The maximum Gasteiger partial charge on any atom is 0.274 e. The van der Waals surface area contributed by atoms with Gasteiger partial charge in [-0.05, 0) is 99.3 Å². The molecule has 0 aliphatic carbocycles. The number of carbonyl (C=O) groups excluding carboxylic acids is 5. The van der Waals surface area contributed by atoms with Gasteiger partial charge in [-0.15, -0.1) is 11.6 Å². The molecule has 0 atom stereocenters. The minimum atomic E-state index is -0.649. The van der Waals surface area contributed by atoms with Gasteiger partial charge in [0.05, 0.1) is 23.7 Å². The Balaban J connectivity index is 0.000000931. The molecule has 0 saturated carbocycles. The molecule has 7 rings (SSSR count). The molecule has 0 radical (unpaired) electrons. The number of nitrogens with two attached hydrogens (primary N) is 2. The molecule has 1 aromatic heterocycles. The molecular formula is C55H72ClFN10O5. The van der Waals surface area contributed by atoms with E-state index in [1.54, 1.807) is 40.3 Å². The summed E-state index contributed by atoms with van der Waals surface area (Å²) in [5.74, 6) is -1.13. The molecule has 3 saturated heterocycles. The van der Waals surface area contributed by atoms with Crippen LogP contribution in [0.25, 0.3) is 11.1 Å². The van der Waals surface area contributed by atoms with Crippen molar-refractivity contribution in [2.45, 2.75) is 46.5 Å². The number of likely N-dealkylation sites (tertiary alicyclic amines) is 1. The fourth-order valence-electron chi connectivity index (χ4n) is 8.66. The summed E-state index contributed by atoms with van der Waals surface area (Å²) in [5.41, 5.74) is 15.8. The summed E-state index contributed by atoms with van der Waals surface area (Å²) < 4.78 is 15.0. The lowest BCUT2D eigenvalue weighted by molar-refractivity contribution is -0.134. The highest BCUT2D eigenvalue weighted by Gasteiger charge is 2.31. The molecule has 3 aromatic carbocycles. The Morgan fingerprint density at radius 3 is 1.97 bits per heavy atom. The summed E-state index contributed by atoms with van der Waals surface area (Å²) in [7, 11) is 1.83. The molecule has 0 bridgehead atoms. The molecule has 17 heteroatoms. The number of piperidine rings is 1. The average Bonchev–Trinajstić information content (AvgIpc) is 3.41. The van der Waals surface area contributed by atoms with Crippen LogP contribution in [-0.4, -0.2) is 157 Å². The van der Waals surface area contributed by atoms with E-state index in [0.29, 0.717) is 74.8 Å². The summed E-state index contributed by atoms with van der Waals surface area (Å²) in [6, 6.07) is 21.2. The van der Waals surface area contributed by atoms with Crippen molar-refractivity contribution >= 4 is 52.9 Å². The van der Waals surface area contributed by atoms with Crippen molar-refractivity contribution in [1.29, 1.82) is 5.41 Å². The van der Waals surface area contributed by atoms with Crippen LogP contribution in [0.1, 0.15) is 81.5 Å². The fraction of sp³-hybridized carbons (Fsp3) is 0.400. The number of hydrogen-bond donors (Lipinski definition) is 4. The van der Waals surface area contributed by atoms with Gasteiger partial charge in [0.2, 0.25) is 11.8 Å². The van der Waals surface area contributed by atoms with E-state index in [9.17, 15) is 23.6 Å². The molecule has 386 valence electrons. The quantitative estimate of drug-likeness (QED) is 0.0453. The number of pyridine rings is 1. The van der Waals surface area contributed by atoms with Crippen LogP contribution in [0.3, 0.4) is 0 Å². The number of nitrogens with one attached hydrogen (secondary N) is 2. The van der Waals surface area contributed by atoms with Gasteiger partial charge >= 0.3 is 0 Å². The monoisotopic (exact) mass is 1010 g/mol. The molecule has 4 amide bonds. The van der Waals surface area contributed by atoms with Gasteiger partial charge in [-0.1, -0.05) is 74.2 Å². The van der Waals surface area contributed by atoms with Crippen LogP contribution in [0.4, 0.5) is 10.1 Å². The lowest BCUT2D eigenvalue weighted by atomic mass is 9.96. The number of benzene rings is 3. The molecule has 0 spiro atoms. The molecular weight excluding hydrogens is 935 g/mol. The van der Waals surface area contributed by atoms with Crippen molar-refractivity contribution in [3.63, 3.8) is 0 Å². The summed E-state index contributed by atoms with van der Waals surface area (Å²) in [6.07, 6.45) is 10.7. The number of aryl methyl sites for hydroxylation is 1. The number of hydrogen-bond acceptors (Lipinski definition) is 11. The van der Waals surface area contributed by atoms with E-state index in [1.807, 2.05) is 44.0 Å². The third-order valence-corrected chi connectivity index (χ3v) is 12.9. The first-order chi connectivity index (χ1) is 34.7. The Labute approximate surface area is 429 Å². The van der Waals surface area contributed by atoms with Crippen molar-refractivity contribution in [1.82, 2.24) is 29.5 Å². The van der Waals surface area contributed by atoms with Gasteiger partial charge in [0.1, 0.15) is 12.1 Å². The average molecular weight is 1010 g/mol. The number of allylic oxidation sites excluding steroid dienone is 2. The molecule has 3 aliphatic rings. The van der Waals surface area contributed by atoms with Crippen LogP contribution < -0.4 is 16.8 Å². The highest BCUT2D eigenvalue weighted by Crippen LogP contribution is 2.27. The minimum absolute atomic E-state index is 0.0329. The van der Waals surface area contributed by atoms with E-state index >= 15 is 0 Å². The number of alkyl halides is 1. The molecule has 6 N–H and O–H groups in total.